The van der Waals surface area contributed by atoms with Crippen LogP contribution in [0.25, 0.3) is 0 Å². The predicted molar refractivity (Wildman–Crippen MR) is 57.3 cm³/mol. The Balaban J connectivity index is 0.000000261. The molecule has 1 aliphatic rings. The summed E-state index contributed by atoms with van der Waals surface area (Å²) in [7, 11) is 0. The largest absolute Gasteiger partial charge is 0.103 e. The zero-order valence-electron chi connectivity index (χ0n) is 8.39. The van der Waals surface area contributed by atoms with Crippen LogP contribution in [0.5, 0.6) is 0 Å². The average Bonchev–Trinajstić information content (AvgIpc) is 2.04. The third kappa shape index (κ3) is 9.48. The predicted octanol–water partition coefficient (Wildman–Crippen LogP) is 4.48. The molecule has 12 heavy (non-hydrogen) atoms. The van der Waals surface area contributed by atoms with Gasteiger partial charge in [-0.25, -0.2) is 0 Å². The summed E-state index contributed by atoms with van der Waals surface area (Å²) in [5, 5.41) is 0. The second-order valence-corrected chi connectivity index (χ2v) is 3.16. The molecule has 1 rings (SSSR count). The highest BCUT2D eigenvalue weighted by Gasteiger charge is 1.89. The second kappa shape index (κ2) is 10.5. The molecule has 0 bridgehead atoms. The minimum atomic E-state index is 1.08. The molecular formula is C12H22. The Kier molecular flexibility index (Phi) is 10.0. The Morgan fingerprint density at radius 2 is 1.50 bits per heavy atom. The molecule has 0 unspecified atom stereocenters. The van der Waals surface area contributed by atoms with Gasteiger partial charge in [-0.1, -0.05) is 38.0 Å². The van der Waals surface area contributed by atoms with Gasteiger partial charge in [0.15, 0.2) is 0 Å². The molecule has 0 aromatic heterocycles. The molecule has 0 atom stereocenters. The van der Waals surface area contributed by atoms with Crippen LogP contribution in [-0.4, -0.2) is 0 Å². The van der Waals surface area contributed by atoms with Crippen LogP contribution in [-0.2, 0) is 0 Å². The van der Waals surface area contributed by atoms with Crippen molar-refractivity contribution >= 4 is 0 Å². The normalized spacial score (nSPS) is 16.8. The Morgan fingerprint density at radius 1 is 1.08 bits per heavy atom. The molecule has 0 N–H and O–H groups in total. The van der Waals surface area contributed by atoms with E-state index in [0.29, 0.717) is 0 Å². The highest BCUT2D eigenvalue weighted by molar-refractivity contribution is 4.82. The topological polar surface area (TPSA) is 0 Å². The van der Waals surface area contributed by atoms with E-state index in [4.69, 9.17) is 0 Å². The molecule has 0 aromatic rings. The van der Waals surface area contributed by atoms with Gasteiger partial charge in [-0.15, -0.1) is 6.58 Å². The van der Waals surface area contributed by atoms with Gasteiger partial charge in [0.25, 0.3) is 0 Å². The SMILES string of the molecule is C1=CCCCCCC1.C=CCC. The third-order valence-electron chi connectivity index (χ3n) is 1.95. The van der Waals surface area contributed by atoms with Crippen LogP contribution >= 0.6 is 0 Å². The van der Waals surface area contributed by atoms with Crippen molar-refractivity contribution in [2.24, 2.45) is 0 Å². The molecule has 0 saturated heterocycles. The fourth-order valence-corrected chi connectivity index (χ4v) is 1.11. The van der Waals surface area contributed by atoms with Crippen molar-refractivity contribution in [2.45, 2.75) is 51.9 Å². The molecule has 1 aliphatic carbocycles. The minimum absolute atomic E-state index is 1.08. The van der Waals surface area contributed by atoms with E-state index in [9.17, 15) is 0 Å². The third-order valence-corrected chi connectivity index (χ3v) is 1.95. The lowest BCUT2D eigenvalue weighted by Crippen LogP contribution is -1.80. The van der Waals surface area contributed by atoms with Crippen LogP contribution < -0.4 is 0 Å². The lowest BCUT2D eigenvalue weighted by Gasteiger charge is -2.00. The lowest BCUT2D eigenvalue weighted by atomic mass is 10.1. The first-order chi connectivity index (χ1) is 5.91. The summed E-state index contributed by atoms with van der Waals surface area (Å²) in [4.78, 5) is 0. The molecule has 0 spiro atoms. The van der Waals surface area contributed by atoms with Gasteiger partial charge < -0.3 is 0 Å². The van der Waals surface area contributed by atoms with Crippen LogP contribution in [0.15, 0.2) is 24.8 Å². The van der Waals surface area contributed by atoms with Crippen LogP contribution in [0, 0.1) is 0 Å². The van der Waals surface area contributed by atoms with E-state index in [1.54, 1.807) is 0 Å². The fraction of sp³-hybridized carbons (Fsp3) is 0.667. The first-order valence-electron chi connectivity index (χ1n) is 5.17. The molecule has 0 aromatic carbocycles. The van der Waals surface area contributed by atoms with Gasteiger partial charge in [-0.05, 0) is 32.1 Å². The van der Waals surface area contributed by atoms with Crippen LogP contribution in [0.4, 0.5) is 0 Å². The van der Waals surface area contributed by atoms with Crippen molar-refractivity contribution in [3.05, 3.63) is 24.8 Å². The van der Waals surface area contributed by atoms with Crippen LogP contribution in [0.3, 0.4) is 0 Å². The van der Waals surface area contributed by atoms with Crippen molar-refractivity contribution in [2.75, 3.05) is 0 Å². The summed E-state index contributed by atoms with van der Waals surface area (Å²) >= 11 is 0. The zero-order chi connectivity index (χ0) is 9.07. The number of hydrogen-bond acceptors (Lipinski definition) is 0. The first kappa shape index (κ1) is 11.5. The molecule has 70 valence electrons. The maximum absolute atomic E-state index is 3.48. The van der Waals surface area contributed by atoms with E-state index < -0.39 is 0 Å². The van der Waals surface area contributed by atoms with Crippen molar-refractivity contribution in [3.63, 3.8) is 0 Å². The van der Waals surface area contributed by atoms with E-state index in [-0.39, 0.29) is 0 Å². The molecular weight excluding hydrogens is 144 g/mol. The highest BCUT2D eigenvalue weighted by atomic mass is 14.0. The van der Waals surface area contributed by atoms with Gasteiger partial charge in [-0.3, -0.25) is 0 Å². The van der Waals surface area contributed by atoms with Crippen molar-refractivity contribution < 1.29 is 0 Å². The van der Waals surface area contributed by atoms with Crippen LogP contribution in [0.1, 0.15) is 51.9 Å². The minimum Gasteiger partial charge on any atom is -0.103 e. The molecule has 0 heteroatoms. The van der Waals surface area contributed by atoms with Crippen molar-refractivity contribution in [1.82, 2.24) is 0 Å². The Bertz CT molecular complexity index is 101. The molecule has 0 nitrogen and oxygen atoms in total. The van der Waals surface area contributed by atoms with E-state index in [0.717, 1.165) is 6.42 Å². The Morgan fingerprint density at radius 3 is 1.83 bits per heavy atom. The smallest absolute Gasteiger partial charge is 0.0351 e. The molecule has 0 radical (unpaired) electrons. The second-order valence-electron chi connectivity index (χ2n) is 3.16. The van der Waals surface area contributed by atoms with E-state index in [1.807, 2.05) is 6.08 Å². The molecule has 0 heterocycles. The van der Waals surface area contributed by atoms with Gasteiger partial charge in [0.2, 0.25) is 0 Å². The van der Waals surface area contributed by atoms with Gasteiger partial charge in [0.1, 0.15) is 0 Å². The highest BCUT2D eigenvalue weighted by Crippen LogP contribution is 2.09. The lowest BCUT2D eigenvalue weighted by molar-refractivity contribution is 0.638. The van der Waals surface area contributed by atoms with Crippen molar-refractivity contribution in [3.8, 4) is 0 Å². The zero-order valence-corrected chi connectivity index (χ0v) is 8.39. The van der Waals surface area contributed by atoms with Crippen molar-refractivity contribution in [1.29, 1.82) is 0 Å². The molecule has 0 saturated carbocycles. The number of hydrogen-bond donors (Lipinski definition) is 0. The van der Waals surface area contributed by atoms with E-state index >= 15 is 0 Å². The van der Waals surface area contributed by atoms with E-state index in [1.165, 1.54) is 38.5 Å². The Labute approximate surface area is 77.4 Å². The summed E-state index contributed by atoms with van der Waals surface area (Å²) in [6.07, 6.45) is 16.0. The molecule has 0 fully saturated rings. The number of rotatable bonds is 1. The van der Waals surface area contributed by atoms with Gasteiger partial charge in [0, 0.05) is 0 Å². The number of allylic oxidation sites excluding steroid dienone is 3. The first-order valence-corrected chi connectivity index (χ1v) is 5.17. The average molecular weight is 166 g/mol. The summed E-state index contributed by atoms with van der Waals surface area (Å²) in [5.41, 5.74) is 0. The fourth-order valence-electron chi connectivity index (χ4n) is 1.11. The standard InChI is InChI=1S/C8H14.C4H8/c1-2-4-6-8-7-5-3-1;1-3-4-2/h1-2H,3-8H2;3H,1,4H2,2H3. The molecule has 0 amide bonds. The monoisotopic (exact) mass is 166 g/mol. The maximum Gasteiger partial charge on any atom is -0.0351 e. The molecule has 0 aliphatic heterocycles. The summed E-state index contributed by atoms with van der Waals surface area (Å²) in [6, 6.07) is 0. The van der Waals surface area contributed by atoms with Gasteiger partial charge in [0.05, 0.1) is 0 Å². The quantitative estimate of drug-likeness (QED) is 0.504. The summed E-state index contributed by atoms with van der Waals surface area (Å²) in [5.74, 6) is 0. The summed E-state index contributed by atoms with van der Waals surface area (Å²) in [6.45, 7) is 5.54. The van der Waals surface area contributed by atoms with Gasteiger partial charge >= 0.3 is 0 Å². The van der Waals surface area contributed by atoms with Gasteiger partial charge in [-0.2, -0.15) is 0 Å². The summed E-state index contributed by atoms with van der Waals surface area (Å²) < 4.78 is 0. The maximum atomic E-state index is 3.48. The van der Waals surface area contributed by atoms with Crippen LogP contribution in [0.2, 0.25) is 0 Å². The Hall–Kier alpha value is -0.520. The van der Waals surface area contributed by atoms with E-state index in [2.05, 4.69) is 25.7 Å².